The molecule has 0 fully saturated rings. The molecule has 1 N–H and O–H groups in total. The SMILES string of the molecule is OC1=CC=CCCCC1.[Rh+]. The first-order valence-electron chi connectivity index (χ1n) is 3.44. The van der Waals surface area contributed by atoms with Gasteiger partial charge in [-0.05, 0) is 25.3 Å². The van der Waals surface area contributed by atoms with Gasteiger partial charge in [-0.15, -0.1) is 0 Å². The van der Waals surface area contributed by atoms with E-state index in [1.165, 1.54) is 6.42 Å². The molecule has 0 radical (unpaired) electrons. The molecule has 0 amide bonds. The van der Waals surface area contributed by atoms with Gasteiger partial charge in [0, 0.05) is 6.42 Å². The Kier molecular flexibility index (Phi) is 5.62. The number of aliphatic hydroxyl groups excluding tert-OH is 1. The summed E-state index contributed by atoms with van der Waals surface area (Å²) in [6, 6.07) is 0. The number of allylic oxidation sites excluding steroid dienone is 4. The predicted molar refractivity (Wildman–Crippen MR) is 38.3 cm³/mol. The second-order valence-corrected chi connectivity index (χ2v) is 2.33. The number of rotatable bonds is 0. The van der Waals surface area contributed by atoms with Crippen molar-refractivity contribution >= 4 is 0 Å². The van der Waals surface area contributed by atoms with Gasteiger partial charge >= 0.3 is 19.5 Å². The van der Waals surface area contributed by atoms with Gasteiger partial charge in [0.1, 0.15) is 0 Å². The van der Waals surface area contributed by atoms with Crippen LogP contribution in [-0.2, 0) is 19.5 Å². The van der Waals surface area contributed by atoms with Gasteiger partial charge in [0.25, 0.3) is 0 Å². The Morgan fingerprint density at radius 1 is 1.30 bits per heavy atom. The Bertz CT molecular complexity index is 138. The normalized spacial score (nSPS) is 18.2. The fourth-order valence-electron chi connectivity index (χ4n) is 0.927. The average molecular weight is 227 g/mol. The van der Waals surface area contributed by atoms with Gasteiger partial charge in [0.15, 0.2) is 0 Å². The first kappa shape index (κ1) is 9.90. The molecule has 10 heavy (non-hydrogen) atoms. The zero-order chi connectivity index (χ0) is 6.53. The maximum absolute atomic E-state index is 9.02. The fourth-order valence-corrected chi connectivity index (χ4v) is 0.927. The zero-order valence-electron chi connectivity index (χ0n) is 5.84. The first-order valence-corrected chi connectivity index (χ1v) is 3.44. The third-order valence-electron chi connectivity index (χ3n) is 1.48. The quantitative estimate of drug-likeness (QED) is 0.630. The van der Waals surface area contributed by atoms with E-state index >= 15 is 0 Å². The predicted octanol–water partition coefficient (Wildman–Crippen LogP) is 2.56. The number of hydrogen-bond donors (Lipinski definition) is 1. The summed E-state index contributed by atoms with van der Waals surface area (Å²) in [7, 11) is 0. The van der Waals surface area contributed by atoms with Gasteiger partial charge in [0.2, 0.25) is 0 Å². The van der Waals surface area contributed by atoms with Crippen molar-refractivity contribution in [1.29, 1.82) is 0 Å². The van der Waals surface area contributed by atoms with Crippen LogP contribution in [0.25, 0.3) is 0 Å². The van der Waals surface area contributed by atoms with Crippen LogP contribution < -0.4 is 0 Å². The molecule has 0 saturated heterocycles. The van der Waals surface area contributed by atoms with Gasteiger partial charge in [-0.25, -0.2) is 0 Å². The van der Waals surface area contributed by atoms with Gasteiger partial charge in [-0.3, -0.25) is 0 Å². The van der Waals surface area contributed by atoms with Gasteiger partial charge in [0.05, 0.1) is 5.76 Å². The van der Waals surface area contributed by atoms with Crippen LogP contribution in [0.2, 0.25) is 0 Å². The monoisotopic (exact) mass is 227 g/mol. The maximum Gasteiger partial charge on any atom is 1.00 e. The van der Waals surface area contributed by atoms with Crippen molar-refractivity contribution in [2.75, 3.05) is 0 Å². The Morgan fingerprint density at radius 2 is 2.10 bits per heavy atom. The summed E-state index contributed by atoms with van der Waals surface area (Å²) in [4.78, 5) is 0. The molecule has 0 aromatic heterocycles. The average Bonchev–Trinajstić information content (AvgIpc) is 1.79. The molecule has 0 heterocycles. The Hall–Kier alpha value is -0.0966. The van der Waals surface area contributed by atoms with Gasteiger partial charge < -0.3 is 5.11 Å². The summed E-state index contributed by atoms with van der Waals surface area (Å²) in [6.07, 6.45) is 10.1. The number of hydrogen-bond acceptors (Lipinski definition) is 1. The van der Waals surface area contributed by atoms with E-state index in [-0.39, 0.29) is 19.5 Å². The second kappa shape index (κ2) is 5.67. The Labute approximate surface area is 74.6 Å². The van der Waals surface area contributed by atoms with Crippen LogP contribution in [0.4, 0.5) is 0 Å². The number of aliphatic hydroxyl groups is 1. The molecule has 2 heteroatoms. The smallest absolute Gasteiger partial charge is 0.512 e. The molecule has 0 unspecified atom stereocenters. The van der Waals surface area contributed by atoms with E-state index in [1.807, 2.05) is 6.08 Å². The molecule has 0 aliphatic heterocycles. The van der Waals surface area contributed by atoms with E-state index in [0.717, 1.165) is 19.3 Å². The summed E-state index contributed by atoms with van der Waals surface area (Å²) < 4.78 is 0. The Balaban J connectivity index is 0.000000810. The van der Waals surface area contributed by atoms with Crippen LogP contribution in [0.15, 0.2) is 24.0 Å². The maximum atomic E-state index is 9.02. The minimum atomic E-state index is 0. The van der Waals surface area contributed by atoms with Crippen LogP contribution in [0.5, 0.6) is 0 Å². The molecule has 0 spiro atoms. The molecule has 0 atom stereocenters. The van der Waals surface area contributed by atoms with E-state index in [4.69, 9.17) is 5.11 Å². The van der Waals surface area contributed by atoms with E-state index < -0.39 is 0 Å². The summed E-state index contributed by atoms with van der Waals surface area (Å²) in [5.74, 6) is 0.519. The van der Waals surface area contributed by atoms with E-state index in [2.05, 4.69) is 6.08 Å². The molecule has 1 nitrogen and oxygen atoms in total. The summed E-state index contributed by atoms with van der Waals surface area (Å²) in [5.41, 5.74) is 0. The largest absolute Gasteiger partial charge is 1.00 e. The zero-order valence-corrected chi connectivity index (χ0v) is 7.48. The third kappa shape index (κ3) is 3.84. The van der Waals surface area contributed by atoms with Crippen LogP contribution in [-0.4, -0.2) is 5.11 Å². The van der Waals surface area contributed by atoms with Crippen molar-refractivity contribution in [1.82, 2.24) is 0 Å². The van der Waals surface area contributed by atoms with E-state index in [0.29, 0.717) is 5.76 Å². The second-order valence-electron chi connectivity index (χ2n) is 2.33. The minimum absolute atomic E-state index is 0. The van der Waals surface area contributed by atoms with E-state index in [1.54, 1.807) is 6.08 Å². The standard InChI is InChI=1S/C8H12O.Rh/c9-8-6-4-2-1-3-5-7-8;/h2,4,6,9H,1,3,5,7H2;/q;+1. The first-order chi connectivity index (χ1) is 4.39. The Morgan fingerprint density at radius 3 is 2.90 bits per heavy atom. The van der Waals surface area contributed by atoms with Crippen LogP contribution in [0.3, 0.4) is 0 Å². The van der Waals surface area contributed by atoms with Crippen molar-refractivity contribution in [3.8, 4) is 0 Å². The summed E-state index contributed by atoms with van der Waals surface area (Å²) >= 11 is 0. The summed E-state index contributed by atoms with van der Waals surface area (Å²) in [6.45, 7) is 0. The van der Waals surface area contributed by atoms with Gasteiger partial charge in [-0.1, -0.05) is 12.2 Å². The molecular weight excluding hydrogens is 215 g/mol. The topological polar surface area (TPSA) is 20.2 Å². The van der Waals surface area contributed by atoms with Crippen LogP contribution >= 0.6 is 0 Å². The molecule has 1 aliphatic rings. The van der Waals surface area contributed by atoms with Crippen molar-refractivity contribution in [3.63, 3.8) is 0 Å². The van der Waals surface area contributed by atoms with Crippen LogP contribution in [0, 0.1) is 0 Å². The molecule has 0 bridgehead atoms. The van der Waals surface area contributed by atoms with Crippen molar-refractivity contribution in [2.24, 2.45) is 0 Å². The van der Waals surface area contributed by atoms with Gasteiger partial charge in [-0.2, -0.15) is 0 Å². The summed E-state index contributed by atoms with van der Waals surface area (Å²) in [5, 5.41) is 9.02. The fraction of sp³-hybridized carbons (Fsp3) is 0.500. The molecule has 58 valence electrons. The molecule has 0 aromatic rings. The molecule has 0 aromatic carbocycles. The van der Waals surface area contributed by atoms with Crippen molar-refractivity contribution in [2.45, 2.75) is 25.7 Å². The molecule has 0 saturated carbocycles. The third-order valence-corrected chi connectivity index (χ3v) is 1.48. The molecule has 1 rings (SSSR count). The van der Waals surface area contributed by atoms with Crippen LogP contribution in [0.1, 0.15) is 25.7 Å². The minimum Gasteiger partial charge on any atom is -0.512 e. The van der Waals surface area contributed by atoms with Crippen molar-refractivity contribution < 1.29 is 24.6 Å². The molecular formula is C8H12ORh+. The van der Waals surface area contributed by atoms with Crippen molar-refractivity contribution in [3.05, 3.63) is 24.0 Å². The van der Waals surface area contributed by atoms with E-state index in [9.17, 15) is 0 Å². The molecule has 1 aliphatic carbocycles.